The highest BCUT2D eigenvalue weighted by atomic mass is 79.9. The van der Waals surface area contributed by atoms with Crippen LogP contribution in [0.3, 0.4) is 0 Å². The van der Waals surface area contributed by atoms with Gasteiger partial charge in [-0.3, -0.25) is 0 Å². The minimum absolute atomic E-state index is 0.344. The van der Waals surface area contributed by atoms with E-state index in [1.165, 1.54) is 18.1 Å². The highest BCUT2D eigenvalue weighted by molar-refractivity contribution is 9.10. The van der Waals surface area contributed by atoms with Crippen LogP contribution in [0.2, 0.25) is 0 Å². The van der Waals surface area contributed by atoms with E-state index in [1.54, 1.807) is 7.11 Å². The predicted molar refractivity (Wildman–Crippen MR) is 71.3 cm³/mol. The molecule has 0 saturated heterocycles. The van der Waals surface area contributed by atoms with Crippen molar-refractivity contribution in [3.05, 3.63) is 35.1 Å². The molecule has 1 aromatic carbocycles. The van der Waals surface area contributed by atoms with Gasteiger partial charge in [-0.1, -0.05) is 23.9 Å². The number of methoxy groups -OCH3 is 1. The summed E-state index contributed by atoms with van der Waals surface area (Å²) >= 11 is 4.96. The summed E-state index contributed by atoms with van der Waals surface area (Å²) in [6.07, 6.45) is 1.43. The van der Waals surface area contributed by atoms with Crippen LogP contribution in [-0.2, 0) is 0 Å². The second-order valence-electron chi connectivity index (χ2n) is 3.13. The Kier molecular flexibility index (Phi) is 3.86. The van der Waals surface area contributed by atoms with Gasteiger partial charge >= 0.3 is 0 Å². The molecule has 88 valence electrons. The Bertz CT molecular complexity index is 536. The summed E-state index contributed by atoms with van der Waals surface area (Å²) in [5.41, 5.74) is 5.72. The van der Waals surface area contributed by atoms with Gasteiger partial charge in [-0.05, 0) is 28.1 Å². The Labute approximate surface area is 112 Å². The molecule has 0 spiro atoms. The van der Waals surface area contributed by atoms with Crippen LogP contribution >= 0.6 is 27.7 Å². The summed E-state index contributed by atoms with van der Waals surface area (Å²) in [7, 11) is 1.55. The SMILES string of the molecule is COc1c(N)ncnc1Sc1ccccc1Br. The van der Waals surface area contributed by atoms with Gasteiger partial charge in [0, 0.05) is 9.37 Å². The molecule has 0 radical (unpaired) electrons. The molecule has 6 heteroatoms. The van der Waals surface area contributed by atoms with Crippen LogP contribution in [0.1, 0.15) is 0 Å². The number of aromatic nitrogens is 2. The normalized spacial score (nSPS) is 10.2. The van der Waals surface area contributed by atoms with Crippen LogP contribution in [0.5, 0.6) is 5.75 Å². The predicted octanol–water partition coefficient (Wildman–Crippen LogP) is 2.98. The third kappa shape index (κ3) is 2.70. The summed E-state index contributed by atoms with van der Waals surface area (Å²) in [5, 5.41) is 0.701. The maximum Gasteiger partial charge on any atom is 0.193 e. The number of benzene rings is 1. The maximum atomic E-state index is 5.72. The van der Waals surface area contributed by atoms with E-state index in [1.807, 2.05) is 24.3 Å². The van der Waals surface area contributed by atoms with Crippen molar-refractivity contribution in [2.75, 3.05) is 12.8 Å². The molecule has 0 atom stereocenters. The molecule has 0 aliphatic heterocycles. The molecule has 4 nitrogen and oxygen atoms in total. The molecular weight excluding hydrogens is 302 g/mol. The molecule has 0 fully saturated rings. The van der Waals surface area contributed by atoms with Crippen molar-refractivity contribution in [1.29, 1.82) is 0 Å². The van der Waals surface area contributed by atoms with Crippen LogP contribution in [0.15, 0.2) is 45.0 Å². The van der Waals surface area contributed by atoms with E-state index in [4.69, 9.17) is 10.5 Å². The molecule has 2 N–H and O–H groups in total. The summed E-state index contributed by atoms with van der Waals surface area (Å²) in [4.78, 5) is 9.11. The van der Waals surface area contributed by atoms with Crippen LogP contribution in [0, 0.1) is 0 Å². The number of halogens is 1. The van der Waals surface area contributed by atoms with Crippen molar-refractivity contribution >= 4 is 33.5 Å². The Balaban J connectivity index is 2.37. The number of ether oxygens (including phenoxy) is 1. The lowest BCUT2D eigenvalue weighted by Gasteiger charge is -2.09. The quantitative estimate of drug-likeness (QED) is 0.883. The van der Waals surface area contributed by atoms with Crippen molar-refractivity contribution in [3.63, 3.8) is 0 Å². The topological polar surface area (TPSA) is 61.0 Å². The third-order valence-corrected chi connectivity index (χ3v) is 4.06. The van der Waals surface area contributed by atoms with E-state index >= 15 is 0 Å². The van der Waals surface area contributed by atoms with E-state index < -0.39 is 0 Å². The lowest BCUT2D eigenvalue weighted by atomic mass is 10.4. The molecular formula is C11H10BrN3OS. The van der Waals surface area contributed by atoms with Gasteiger partial charge in [-0.2, -0.15) is 0 Å². The highest BCUT2D eigenvalue weighted by Gasteiger charge is 2.12. The second kappa shape index (κ2) is 5.37. The summed E-state index contributed by atoms with van der Waals surface area (Å²) in [6, 6.07) is 7.88. The van der Waals surface area contributed by atoms with Crippen molar-refractivity contribution in [2.24, 2.45) is 0 Å². The van der Waals surface area contributed by atoms with Gasteiger partial charge in [-0.25, -0.2) is 9.97 Å². The Hall–Kier alpha value is -1.27. The van der Waals surface area contributed by atoms with Crippen LogP contribution < -0.4 is 10.5 Å². The van der Waals surface area contributed by atoms with Crippen LogP contribution in [-0.4, -0.2) is 17.1 Å². The van der Waals surface area contributed by atoms with Gasteiger partial charge in [0.15, 0.2) is 11.6 Å². The largest absolute Gasteiger partial charge is 0.490 e. The van der Waals surface area contributed by atoms with Gasteiger partial charge in [0.1, 0.15) is 11.4 Å². The Morgan fingerprint density at radius 2 is 2.06 bits per heavy atom. The number of hydrogen-bond acceptors (Lipinski definition) is 5. The summed E-state index contributed by atoms with van der Waals surface area (Å²) in [5.74, 6) is 0.852. The van der Waals surface area contributed by atoms with Gasteiger partial charge in [0.2, 0.25) is 0 Å². The molecule has 17 heavy (non-hydrogen) atoms. The highest BCUT2D eigenvalue weighted by Crippen LogP contribution is 2.38. The zero-order valence-electron chi connectivity index (χ0n) is 9.05. The van der Waals surface area contributed by atoms with Crippen LogP contribution in [0.25, 0.3) is 0 Å². The zero-order valence-corrected chi connectivity index (χ0v) is 11.5. The molecule has 0 aliphatic rings. The van der Waals surface area contributed by atoms with Crippen molar-refractivity contribution in [1.82, 2.24) is 9.97 Å². The van der Waals surface area contributed by atoms with Gasteiger partial charge in [0.05, 0.1) is 7.11 Å². The molecule has 0 saturated carbocycles. The number of nitrogen functional groups attached to an aromatic ring is 1. The number of hydrogen-bond donors (Lipinski definition) is 1. The van der Waals surface area contributed by atoms with Crippen molar-refractivity contribution in [2.45, 2.75) is 9.92 Å². The average Bonchev–Trinajstić information content (AvgIpc) is 2.32. The fourth-order valence-corrected chi connectivity index (χ4v) is 2.70. The van der Waals surface area contributed by atoms with Crippen molar-refractivity contribution in [3.8, 4) is 5.75 Å². The smallest absolute Gasteiger partial charge is 0.193 e. The average molecular weight is 312 g/mol. The van der Waals surface area contributed by atoms with E-state index in [-0.39, 0.29) is 0 Å². The van der Waals surface area contributed by atoms with E-state index in [0.717, 1.165) is 9.37 Å². The zero-order chi connectivity index (χ0) is 12.3. The van der Waals surface area contributed by atoms with Gasteiger partial charge in [-0.15, -0.1) is 0 Å². The number of rotatable bonds is 3. The minimum Gasteiger partial charge on any atom is -0.490 e. The Morgan fingerprint density at radius 3 is 2.76 bits per heavy atom. The maximum absolute atomic E-state index is 5.72. The first-order chi connectivity index (χ1) is 8.22. The molecule has 2 rings (SSSR count). The first kappa shape index (κ1) is 12.2. The lowest BCUT2D eigenvalue weighted by molar-refractivity contribution is 0.401. The van der Waals surface area contributed by atoms with E-state index in [0.29, 0.717) is 16.6 Å². The molecule has 0 amide bonds. The van der Waals surface area contributed by atoms with E-state index in [9.17, 15) is 0 Å². The van der Waals surface area contributed by atoms with Crippen LogP contribution in [0.4, 0.5) is 5.82 Å². The molecule has 0 bridgehead atoms. The molecule has 0 unspecified atom stereocenters. The first-order valence-electron chi connectivity index (χ1n) is 4.79. The monoisotopic (exact) mass is 311 g/mol. The van der Waals surface area contributed by atoms with Gasteiger partial charge < -0.3 is 10.5 Å². The second-order valence-corrected chi connectivity index (χ2v) is 5.01. The fraction of sp³-hybridized carbons (Fsp3) is 0.0909. The number of anilines is 1. The Morgan fingerprint density at radius 1 is 1.29 bits per heavy atom. The lowest BCUT2D eigenvalue weighted by Crippen LogP contribution is -1.98. The molecule has 1 aromatic heterocycles. The summed E-state index contributed by atoms with van der Waals surface area (Å²) in [6.45, 7) is 0. The van der Waals surface area contributed by atoms with Crippen molar-refractivity contribution < 1.29 is 4.74 Å². The molecule has 0 aliphatic carbocycles. The molecule has 1 heterocycles. The molecule has 2 aromatic rings. The number of nitrogens with two attached hydrogens (primary N) is 1. The minimum atomic E-state index is 0.344. The fourth-order valence-electron chi connectivity index (χ4n) is 1.27. The van der Waals surface area contributed by atoms with Gasteiger partial charge in [0.25, 0.3) is 0 Å². The standard InChI is InChI=1S/C11H10BrN3OS/c1-16-9-10(13)14-6-15-11(9)17-8-5-3-2-4-7(8)12/h2-6H,1H3,(H2,13,14,15). The number of nitrogens with zero attached hydrogens (tertiary/aromatic N) is 2. The first-order valence-corrected chi connectivity index (χ1v) is 6.40. The summed E-state index contributed by atoms with van der Waals surface area (Å²) < 4.78 is 6.21. The van der Waals surface area contributed by atoms with E-state index in [2.05, 4.69) is 25.9 Å². The third-order valence-electron chi connectivity index (χ3n) is 2.05.